The molecule has 9 heteroatoms. The summed E-state index contributed by atoms with van der Waals surface area (Å²) in [7, 11) is 0. The van der Waals surface area contributed by atoms with Crippen LogP contribution < -0.4 is 5.73 Å². The van der Waals surface area contributed by atoms with E-state index < -0.39 is 28.7 Å². The van der Waals surface area contributed by atoms with E-state index in [9.17, 15) is 19.7 Å². The zero-order valence-corrected chi connectivity index (χ0v) is 11.7. The number of ether oxygens (including phenoxy) is 2. The molecule has 0 bridgehead atoms. The van der Waals surface area contributed by atoms with Gasteiger partial charge >= 0.3 is 17.7 Å². The smallest absolute Gasteiger partial charge is 0.408 e. The number of hydrogen-bond acceptors (Lipinski definition) is 7. The summed E-state index contributed by atoms with van der Waals surface area (Å²) in [4.78, 5) is 36.5. The van der Waals surface area contributed by atoms with Crippen LogP contribution in [0.3, 0.4) is 0 Å². The molecule has 0 saturated carbocycles. The zero-order chi connectivity index (χ0) is 16.4. The summed E-state index contributed by atoms with van der Waals surface area (Å²) >= 11 is 0. The average Bonchev–Trinajstić information content (AvgIpc) is 2.98. The number of hydrogen-bond donors (Lipinski definition) is 2. The van der Waals surface area contributed by atoms with Gasteiger partial charge in [-0.3, -0.25) is 10.1 Å². The number of rotatable bonds is 1. The summed E-state index contributed by atoms with van der Waals surface area (Å²) in [5.41, 5.74) is 7.64. The number of carbonyl (C=O) groups is 2. The molecule has 1 aromatic heterocycles. The summed E-state index contributed by atoms with van der Waals surface area (Å²) in [6.07, 6.45) is 0.555. The lowest BCUT2D eigenvalue weighted by atomic mass is 9.87. The maximum absolute atomic E-state index is 11.5. The first-order valence-corrected chi connectivity index (χ1v) is 6.91. The first-order chi connectivity index (χ1) is 10.9. The van der Waals surface area contributed by atoms with Gasteiger partial charge in [-0.25, -0.2) is 9.59 Å². The Balaban J connectivity index is 1.95. The fraction of sp³-hybridized carbons (Fsp3) is 0.286. The van der Waals surface area contributed by atoms with Crippen molar-refractivity contribution < 1.29 is 24.0 Å². The second-order valence-corrected chi connectivity index (χ2v) is 5.67. The number of nitrogens with zero attached hydrogens (tertiary/aromatic N) is 1. The highest BCUT2D eigenvalue weighted by molar-refractivity contribution is 6.31. The Morgan fingerprint density at radius 3 is 2.65 bits per heavy atom. The molecule has 1 aromatic carbocycles. The Kier molecular flexibility index (Phi) is 2.56. The predicted octanol–water partition coefficient (Wildman–Crippen LogP) is 0.602. The monoisotopic (exact) mass is 317 g/mol. The topological polar surface area (TPSA) is 138 Å². The molecule has 1 spiro atoms. The molecule has 118 valence electrons. The van der Waals surface area contributed by atoms with Gasteiger partial charge in [0.2, 0.25) is 0 Å². The quantitative estimate of drug-likeness (QED) is 0.340. The standard InChI is InChI=1S/C14H11N3O6/c15-6-3-9-8-4-7(17(20)21)1-2-10(8)16-11(9)14(5-6)22-12(18)13(19)23-14/h1-2,4,6,16H,3,5,15H2. The molecule has 0 amide bonds. The lowest BCUT2D eigenvalue weighted by Gasteiger charge is -2.32. The number of H-pyrrole nitrogens is 1. The third-order valence-corrected chi connectivity index (χ3v) is 4.16. The van der Waals surface area contributed by atoms with E-state index in [0.717, 1.165) is 0 Å². The van der Waals surface area contributed by atoms with Crippen LogP contribution >= 0.6 is 0 Å². The number of benzene rings is 1. The normalized spacial score (nSPS) is 22.0. The first kappa shape index (κ1) is 13.7. The van der Waals surface area contributed by atoms with Crippen LogP contribution in [-0.2, 0) is 31.3 Å². The van der Waals surface area contributed by atoms with Gasteiger partial charge in [0.25, 0.3) is 5.69 Å². The molecule has 1 aliphatic carbocycles. The molecule has 1 aliphatic heterocycles. The summed E-state index contributed by atoms with van der Waals surface area (Å²) < 4.78 is 10.3. The van der Waals surface area contributed by atoms with E-state index in [-0.39, 0.29) is 12.1 Å². The van der Waals surface area contributed by atoms with E-state index in [1.54, 1.807) is 6.07 Å². The number of esters is 2. The van der Waals surface area contributed by atoms with Crippen LogP contribution in [-0.4, -0.2) is 27.9 Å². The molecular weight excluding hydrogens is 306 g/mol. The molecular formula is C14H11N3O6. The lowest BCUT2D eigenvalue weighted by Crippen LogP contribution is -2.42. The molecule has 2 aromatic rings. The van der Waals surface area contributed by atoms with Crippen LogP contribution in [0.4, 0.5) is 5.69 Å². The Morgan fingerprint density at radius 2 is 2.00 bits per heavy atom. The minimum atomic E-state index is -1.57. The number of aromatic nitrogens is 1. The lowest BCUT2D eigenvalue weighted by molar-refractivity contribution is -0.384. The second-order valence-electron chi connectivity index (χ2n) is 5.67. The molecule has 9 nitrogen and oxygen atoms in total. The van der Waals surface area contributed by atoms with E-state index in [1.165, 1.54) is 12.1 Å². The first-order valence-electron chi connectivity index (χ1n) is 6.91. The van der Waals surface area contributed by atoms with Crippen LogP contribution in [0.25, 0.3) is 10.9 Å². The Hall–Kier alpha value is -2.94. The van der Waals surface area contributed by atoms with Crippen molar-refractivity contribution in [3.63, 3.8) is 0 Å². The third kappa shape index (κ3) is 1.83. The number of nitro groups is 1. The van der Waals surface area contributed by atoms with Gasteiger partial charge in [0.1, 0.15) is 5.69 Å². The maximum atomic E-state index is 11.5. The molecule has 23 heavy (non-hydrogen) atoms. The number of nitrogens with two attached hydrogens (primary N) is 1. The van der Waals surface area contributed by atoms with Gasteiger partial charge < -0.3 is 20.2 Å². The van der Waals surface area contributed by atoms with Crippen molar-refractivity contribution in [2.75, 3.05) is 0 Å². The molecule has 1 fully saturated rings. The van der Waals surface area contributed by atoms with Gasteiger partial charge in [0.15, 0.2) is 0 Å². The van der Waals surface area contributed by atoms with Gasteiger partial charge in [0.05, 0.1) is 4.92 Å². The fourth-order valence-electron chi connectivity index (χ4n) is 3.26. The van der Waals surface area contributed by atoms with Crippen molar-refractivity contribution in [3.05, 3.63) is 39.6 Å². The highest BCUT2D eigenvalue weighted by Crippen LogP contribution is 2.44. The Bertz CT molecular complexity index is 870. The molecule has 0 radical (unpaired) electrons. The van der Waals surface area contributed by atoms with E-state index >= 15 is 0 Å². The van der Waals surface area contributed by atoms with Crippen LogP contribution in [0.2, 0.25) is 0 Å². The molecule has 1 atom stereocenters. The SMILES string of the molecule is NC1Cc2c([nH]c3ccc([N+](=O)[O-])cc23)C2(C1)OC(=O)C(=O)O2. The van der Waals surface area contributed by atoms with Crippen molar-refractivity contribution in [1.82, 2.24) is 4.98 Å². The number of fused-ring (bicyclic) bond motifs is 4. The molecule has 4 rings (SSSR count). The average molecular weight is 317 g/mol. The summed E-state index contributed by atoms with van der Waals surface area (Å²) in [5.74, 6) is -3.72. The maximum Gasteiger partial charge on any atom is 0.421 e. The number of carbonyl (C=O) groups excluding carboxylic acids is 2. The summed E-state index contributed by atoms with van der Waals surface area (Å²) in [6.45, 7) is 0. The minimum absolute atomic E-state index is 0.0621. The fourth-order valence-corrected chi connectivity index (χ4v) is 3.26. The Labute approximate surface area is 128 Å². The van der Waals surface area contributed by atoms with Crippen molar-refractivity contribution in [1.29, 1.82) is 0 Å². The predicted molar refractivity (Wildman–Crippen MR) is 75.1 cm³/mol. The molecule has 1 saturated heterocycles. The van der Waals surface area contributed by atoms with Crippen molar-refractivity contribution in [3.8, 4) is 0 Å². The van der Waals surface area contributed by atoms with Crippen molar-refractivity contribution in [2.45, 2.75) is 24.7 Å². The number of non-ortho nitro benzene ring substituents is 1. The van der Waals surface area contributed by atoms with E-state index in [2.05, 4.69) is 4.98 Å². The highest BCUT2D eigenvalue weighted by atomic mass is 16.8. The summed E-state index contributed by atoms with van der Waals surface area (Å²) in [5, 5.41) is 11.6. The van der Waals surface area contributed by atoms with Gasteiger partial charge in [-0.2, -0.15) is 0 Å². The van der Waals surface area contributed by atoms with E-state index in [4.69, 9.17) is 15.2 Å². The van der Waals surface area contributed by atoms with E-state index in [1.807, 2.05) is 0 Å². The molecule has 2 heterocycles. The van der Waals surface area contributed by atoms with Crippen LogP contribution in [0.5, 0.6) is 0 Å². The van der Waals surface area contributed by atoms with Crippen LogP contribution in [0, 0.1) is 10.1 Å². The van der Waals surface area contributed by atoms with E-state index in [0.29, 0.717) is 28.6 Å². The number of nitro benzene ring substituents is 1. The number of aromatic amines is 1. The van der Waals surface area contributed by atoms with Gasteiger partial charge in [-0.15, -0.1) is 0 Å². The minimum Gasteiger partial charge on any atom is -0.408 e. The zero-order valence-electron chi connectivity index (χ0n) is 11.7. The van der Waals surface area contributed by atoms with Crippen LogP contribution in [0.15, 0.2) is 18.2 Å². The van der Waals surface area contributed by atoms with Crippen molar-refractivity contribution in [2.24, 2.45) is 5.73 Å². The van der Waals surface area contributed by atoms with Gasteiger partial charge in [-0.1, -0.05) is 0 Å². The van der Waals surface area contributed by atoms with Crippen LogP contribution in [0.1, 0.15) is 17.7 Å². The Morgan fingerprint density at radius 1 is 1.30 bits per heavy atom. The van der Waals surface area contributed by atoms with Gasteiger partial charge in [0, 0.05) is 35.5 Å². The van der Waals surface area contributed by atoms with Gasteiger partial charge in [-0.05, 0) is 18.1 Å². The molecule has 3 N–H and O–H groups in total. The third-order valence-electron chi connectivity index (χ3n) is 4.16. The number of nitrogens with one attached hydrogen (secondary N) is 1. The molecule has 2 aliphatic rings. The molecule has 1 unspecified atom stereocenters. The second kappa shape index (κ2) is 4.29. The highest BCUT2D eigenvalue weighted by Gasteiger charge is 2.55. The largest absolute Gasteiger partial charge is 0.421 e. The van der Waals surface area contributed by atoms with Crippen molar-refractivity contribution >= 4 is 28.5 Å². The summed E-state index contributed by atoms with van der Waals surface area (Å²) in [6, 6.07) is 3.93.